The zero-order valence-electron chi connectivity index (χ0n) is 15.9. The second-order valence-corrected chi connectivity index (χ2v) is 9.22. The van der Waals surface area contributed by atoms with E-state index in [2.05, 4.69) is 37.2 Å². The van der Waals surface area contributed by atoms with E-state index in [1.165, 1.54) is 0 Å². The van der Waals surface area contributed by atoms with Crippen molar-refractivity contribution >= 4 is 50.2 Å². The minimum Gasteiger partial charge on any atom is -0.444 e. The highest BCUT2D eigenvalue weighted by molar-refractivity contribution is 9.10. The number of rotatable bonds is 2. The van der Waals surface area contributed by atoms with Crippen molar-refractivity contribution in [1.29, 1.82) is 0 Å². The van der Waals surface area contributed by atoms with Crippen LogP contribution in [-0.2, 0) is 4.74 Å². The first-order valence-corrected chi connectivity index (χ1v) is 10.4. The number of carbonyl (C=O) groups excluding carboxylic acids is 1. The summed E-state index contributed by atoms with van der Waals surface area (Å²) in [5.41, 5.74) is -0.508. The van der Waals surface area contributed by atoms with Gasteiger partial charge in [0.1, 0.15) is 16.6 Å². The van der Waals surface area contributed by atoms with Crippen molar-refractivity contribution in [3.8, 4) is 0 Å². The van der Waals surface area contributed by atoms with Crippen LogP contribution in [0, 0.1) is 0 Å². The van der Waals surface area contributed by atoms with E-state index in [0.717, 1.165) is 46.9 Å². The lowest BCUT2D eigenvalue weighted by Gasteiger charge is -2.28. The Balaban J connectivity index is 1.85. The number of hydrogen-bond donors (Lipinski definition) is 1. The number of nitrogens with one attached hydrogen (secondary N) is 1. The van der Waals surface area contributed by atoms with Gasteiger partial charge >= 0.3 is 6.09 Å². The van der Waals surface area contributed by atoms with Crippen molar-refractivity contribution < 1.29 is 9.53 Å². The van der Waals surface area contributed by atoms with E-state index in [0.29, 0.717) is 11.7 Å². The van der Waals surface area contributed by atoms with Crippen LogP contribution in [0.2, 0.25) is 5.15 Å². The van der Waals surface area contributed by atoms with Crippen LogP contribution in [-0.4, -0.2) is 35.8 Å². The molecule has 1 aliphatic rings. The van der Waals surface area contributed by atoms with Crippen molar-refractivity contribution in [2.45, 2.75) is 51.7 Å². The van der Waals surface area contributed by atoms with Gasteiger partial charge in [0, 0.05) is 29.0 Å². The summed E-state index contributed by atoms with van der Waals surface area (Å²) in [7, 11) is 0. The number of ether oxygens (including phenoxy) is 1. The maximum Gasteiger partial charge on any atom is 0.407 e. The van der Waals surface area contributed by atoms with Crippen LogP contribution in [0.15, 0.2) is 28.7 Å². The van der Waals surface area contributed by atoms with Crippen LogP contribution in [0.1, 0.15) is 40.0 Å². The van der Waals surface area contributed by atoms with Crippen LogP contribution >= 0.6 is 27.5 Å². The monoisotopic (exact) mass is 453 g/mol. The molecule has 1 aromatic heterocycles. The van der Waals surface area contributed by atoms with Crippen molar-refractivity contribution in [3.63, 3.8) is 0 Å². The standard InChI is InChI=1S/C20H25BrClN3O2/c1-20(2,3)27-19(26)23-15-6-4-5-9-25(12-15)18-16-11-14(21)8-7-13(16)10-17(22)24-18/h7-8,10-11,15H,4-6,9,12H2,1-3H3,(H,23,26)/t15-/m0/s1. The topological polar surface area (TPSA) is 54.5 Å². The molecule has 2 heterocycles. The Morgan fingerprint density at radius 2 is 2.11 bits per heavy atom. The predicted molar refractivity (Wildman–Crippen MR) is 114 cm³/mol. The molecule has 1 atom stereocenters. The Morgan fingerprint density at radius 3 is 2.85 bits per heavy atom. The summed E-state index contributed by atoms with van der Waals surface area (Å²) in [6, 6.07) is 7.98. The fraction of sp³-hybridized carbons (Fsp3) is 0.500. The van der Waals surface area contributed by atoms with Gasteiger partial charge in [0.25, 0.3) is 0 Å². The molecule has 1 aromatic carbocycles. The molecule has 2 aromatic rings. The number of nitrogens with zero attached hydrogens (tertiary/aromatic N) is 2. The summed E-state index contributed by atoms with van der Waals surface area (Å²) in [6.07, 6.45) is 2.62. The molecule has 1 aliphatic heterocycles. The summed E-state index contributed by atoms with van der Waals surface area (Å²) >= 11 is 9.82. The van der Waals surface area contributed by atoms with E-state index < -0.39 is 5.60 Å². The number of fused-ring (bicyclic) bond motifs is 1. The van der Waals surface area contributed by atoms with Crippen LogP contribution in [0.25, 0.3) is 10.8 Å². The van der Waals surface area contributed by atoms with E-state index in [9.17, 15) is 4.79 Å². The Hall–Kier alpha value is -1.53. The lowest BCUT2D eigenvalue weighted by molar-refractivity contribution is 0.0504. The van der Waals surface area contributed by atoms with Gasteiger partial charge < -0.3 is 15.0 Å². The molecule has 27 heavy (non-hydrogen) atoms. The lowest BCUT2D eigenvalue weighted by atomic mass is 10.1. The molecule has 1 saturated heterocycles. The summed E-state index contributed by atoms with van der Waals surface area (Å²) in [6.45, 7) is 7.15. The number of alkyl carbamates (subject to hydrolysis) is 1. The van der Waals surface area contributed by atoms with Crippen LogP contribution in [0.3, 0.4) is 0 Å². The maximum atomic E-state index is 12.2. The highest BCUT2D eigenvalue weighted by Crippen LogP contribution is 2.31. The Morgan fingerprint density at radius 1 is 1.33 bits per heavy atom. The Labute approximate surface area is 173 Å². The first-order valence-electron chi connectivity index (χ1n) is 9.21. The van der Waals surface area contributed by atoms with Gasteiger partial charge in [0.05, 0.1) is 0 Å². The SMILES string of the molecule is CC(C)(C)OC(=O)N[C@H]1CCCCN(c2nc(Cl)cc3ccc(Br)cc23)C1. The fourth-order valence-corrected chi connectivity index (χ4v) is 3.90. The minimum absolute atomic E-state index is 0.00494. The average Bonchev–Trinajstić information content (AvgIpc) is 2.78. The number of halogens is 2. The van der Waals surface area contributed by atoms with E-state index in [1.54, 1.807) is 0 Å². The van der Waals surface area contributed by atoms with Crippen molar-refractivity contribution in [3.05, 3.63) is 33.9 Å². The third kappa shape index (κ3) is 5.48. The third-order valence-electron chi connectivity index (χ3n) is 4.44. The Kier molecular flexibility index (Phi) is 6.16. The number of hydrogen-bond acceptors (Lipinski definition) is 4. The van der Waals surface area contributed by atoms with Crippen molar-refractivity contribution in [2.75, 3.05) is 18.0 Å². The molecule has 1 N–H and O–H groups in total. The lowest BCUT2D eigenvalue weighted by Crippen LogP contribution is -2.45. The molecule has 146 valence electrons. The fourth-order valence-electron chi connectivity index (χ4n) is 3.34. The zero-order valence-corrected chi connectivity index (χ0v) is 18.2. The molecule has 1 fully saturated rings. The second kappa shape index (κ2) is 8.23. The number of benzene rings is 1. The van der Waals surface area contributed by atoms with Crippen molar-refractivity contribution in [2.24, 2.45) is 0 Å². The maximum absolute atomic E-state index is 12.2. The van der Waals surface area contributed by atoms with Gasteiger partial charge in [0.15, 0.2) is 0 Å². The van der Waals surface area contributed by atoms with Gasteiger partial charge in [-0.1, -0.05) is 33.6 Å². The minimum atomic E-state index is -0.508. The number of carbonyl (C=O) groups is 1. The molecule has 0 bridgehead atoms. The highest BCUT2D eigenvalue weighted by atomic mass is 79.9. The Bertz CT molecular complexity index is 838. The van der Waals surface area contributed by atoms with Gasteiger partial charge in [-0.15, -0.1) is 0 Å². The summed E-state index contributed by atoms with van der Waals surface area (Å²) in [5.74, 6) is 0.858. The second-order valence-electron chi connectivity index (χ2n) is 7.92. The predicted octanol–water partition coefficient (Wildman–Crippen LogP) is 5.53. The molecular formula is C20H25BrClN3O2. The number of anilines is 1. The molecule has 3 rings (SSSR count). The largest absolute Gasteiger partial charge is 0.444 e. The first kappa shape index (κ1) is 20.2. The van der Waals surface area contributed by atoms with E-state index in [4.69, 9.17) is 16.3 Å². The van der Waals surface area contributed by atoms with Crippen LogP contribution in [0.4, 0.5) is 10.6 Å². The molecule has 5 nitrogen and oxygen atoms in total. The molecule has 0 aliphatic carbocycles. The van der Waals surface area contributed by atoms with Crippen molar-refractivity contribution in [1.82, 2.24) is 10.3 Å². The molecule has 1 amide bonds. The molecule has 0 spiro atoms. The first-order chi connectivity index (χ1) is 12.7. The smallest absolute Gasteiger partial charge is 0.407 e. The average molecular weight is 455 g/mol. The third-order valence-corrected chi connectivity index (χ3v) is 5.12. The van der Waals surface area contributed by atoms with E-state index >= 15 is 0 Å². The summed E-state index contributed by atoms with van der Waals surface area (Å²) in [5, 5.41) is 5.59. The molecular weight excluding hydrogens is 430 g/mol. The number of amides is 1. The van der Waals surface area contributed by atoms with Gasteiger partial charge in [-0.25, -0.2) is 9.78 Å². The van der Waals surface area contributed by atoms with Gasteiger partial charge in [0.2, 0.25) is 0 Å². The van der Waals surface area contributed by atoms with Gasteiger partial charge in [-0.3, -0.25) is 0 Å². The van der Waals surface area contributed by atoms with E-state index in [-0.39, 0.29) is 12.1 Å². The molecule has 0 saturated carbocycles. The van der Waals surface area contributed by atoms with Crippen LogP contribution < -0.4 is 10.2 Å². The van der Waals surface area contributed by atoms with Gasteiger partial charge in [-0.05, 0) is 63.6 Å². The number of aromatic nitrogens is 1. The van der Waals surface area contributed by atoms with Gasteiger partial charge in [-0.2, -0.15) is 0 Å². The van der Waals surface area contributed by atoms with Crippen LogP contribution in [0.5, 0.6) is 0 Å². The quantitative estimate of drug-likeness (QED) is 0.606. The summed E-state index contributed by atoms with van der Waals surface area (Å²) < 4.78 is 6.41. The number of pyridine rings is 1. The zero-order chi connectivity index (χ0) is 19.6. The summed E-state index contributed by atoms with van der Waals surface area (Å²) in [4.78, 5) is 19.0. The molecule has 7 heteroatoms. The van der Waals surface area contributed by atoms with E-state index in [1.807, 2.05) is 39.0 Å². The highest BCUT2D eigenvalue weighted by Gasteiger charge is 2.24. The molecule has 0 unspecified atom stereocenters. The molecule has 0 radical (unpaired) electrons. The normalized spacial score (nSPS) is 18.3.